The van der Waals surface area contributed by atoms with Crippen LogP contribution in [0.5, 0.6) is 0 Å². The molecule has 1 aliphatic carbocycles. The third kappa shape index (κ3) is 2.25. The lowest BCUT2D eigenvalue weighted by Crippen LogP contribution is -2.52. The molecule has 4 nitrogen and oxygen atoms in total. The molecular formula is C10H18N2O2. The molecule has 1 aliphatic heterocycles. The van der Waals surface area contributed by atoms with Gasteiger partial charge in [0.15, 0.2) is 0 Å². The number of methoxy groups -OCH3 is 1. The lowest BCUT2D eigenvalue weighted by Gasteiger charge is -2.35. The summed E-state index contributed by atoms with van der Waals surface area (Å²) in [6.07, 6.45) is 3.13. The van der Waals surface area contributed by atoms with Crippen LogP contribution >= 0.6 is 0 Å². The molecule has 14 heavy (non-hydrogen) atoms. The van der Waals surface area contributed by atoms with E-state index in [1.807, 2.05) is 0 Å². The predicted molar refractivity (Wildman–Crippen MR) is 53.0 cm³/mol. The molecule has 0 amide bonds. The van der Waals surface area contributed by atoms with E-state index in [9.17, 15) is 4.79 Å². The van der Waals surface area contributed by atoms with Crippen LogP contribution in [0, 0.1) is 0 Å². The third-order valence-corrected chi connectivity index (χ3v) is 3.04. The van der Waals surface area contributed by atoms with Crippen molar-refractivity contribution in [2.75, 3.05) is 26.7 Å². The molecule has 2 rings (SSSR count). The minimum atomic E-state index is -0.0932. The van der Waals surface area contributed by atoms with Crippen molar-refractivity contribution in [3.8, 4) is 0 Å². The number of carbonyl (C=O) groups excluding carboxylic acids is 1. The van der Waals surface area contributed by atoms with Crippen molar-refractivity contribution in [1.82, 2.24) is 10.2 Å². The highest BCUT2D eigenvalue weighted by molar-refractivity contribution is 5.70. The van der Waals surface area contributed by atoms with Crippen LogP contribution in [0.2, 0.25) is 0 Å². The molecule has 1 unspecified atom stereocenters. The van der Waals surface area contributed by atoms with E-state index in [-0.39, 0.29) is 5.97 Å². The van der Waals surface area contributed by atoms with E-state index >= 15 is 0 Å². The molecule has 0 aromatic rings. The van der Waals surface area contributed by atoms with Gasteiger partial charge in [-0.05, 0) is 12.8 Å². The first-order valence-electron chi connectivity index (χ1n) is 5.34. The van der Waals surface area contributed by atoms with E-state index in [1.165, 1.54) is 20.0 Å². The Hall–Kier alpha value is -0.610. The second-order valence-electron chi connectivity index (χ2n) is 4.11. The van der Waals surface area contributed by atoms with E-state index in [0.29, 0.717) is 12.5 Å². The maximum absolute atomic E-state index is 11.2. The summed E-state index contributed by atoms with van der Waals surface area (Å²) in [5.41, 5.74) is 0. The van der Waals surface area contributed by atoms with Crippen molar-refractivity contribution in [2.24, 2.45) is 0 Å². The number of ether oxygens (including phenoxy) is 1. The number of rotatable bonds is 3. The van der Waals surface area contributed by atoms with Crippen molar-refractivity contribution in [3.63, 3.8) is 0 Å². The summed E-state index contributed by atoms with van der Waals surface area (Å²) in [7, 11) is 1.46. The van der Waals surface area contributed by atoms with Crippen LogP contribution in [0.3, 0.4) is 0 Å². The highest BCUT2D eigenvalue weighted by Gasteiger charge is 2.36. The molecule has 1 saturated heterocycles. The van der Waals surface area contributed by atoms with Crippen molar-refractivity contribution in [2.45, 2.75) is 31.3 Å². The average molecular weight is 198 g/mol. The van der Waals surface area contributed by atoms with E-state index in [2.05, 4.69) is 10.2 Å². The zero-order chi connectivity index (χ0) is 9.97. The monoisotopic (exact) mass is 198 g/mol. The largest absolute Gasteiger partial charge is 0.469 e. The Bertz CT molecular complexity index is 216. The smallest absolute Gasteiger partial charge is 0.307 e. The molecule has 0 aromatic carbocycles. The van der Waals surface area contributed by atoms with Gasteiger partial charge in [-0.15, -0.1) is 0 Å². The van der Waals surface area contributed by atoms with Crippen LogP contribution < -0.4 is 5.32 Å². The average Bonchev–Trinajstić information content (AvgIpc) is 3.02. The zero-order valence-corrected chi connectivity index (χ0v) is 8.66. The Balaban J connectivity index is 1.88. The topological polar surface area (TPSA) is 41.6 Å². The minimum absolute atomic E-state index is 0.0932. The van der Waals surface area contributed by atoms with Gasteiger partial charge in [-0.2, -0.15) is 0 Å². The quantitative estimate of drug-likeness (QED) is 0.647. The molecule has 0 aromatic heterocycles. The summed E-state index contributed by atoms with van der Waals surface area (Å²) in [6.45, 7) is 3.05. The van der Waals surface area contributed by atoms with E-state index in [1.54, 1.807) is 0 Å². The molecule has 4 heteroatoms. The molecule has 1 saturated carbocycles. The molecule has 0 radical (unpaired) electrons. The third-order valence-electron chi connectivity index (χ3n) is 3.04. The minimum Gasteiger partial charge on any atom is -0.469 e. The van der Waals surface area contributed by atoms with Gasteiger partial charge >= 0.3 is 5.97 Å². The Labute approximate surface area is 84.6 Å². The molecule has 1 atom stereocenters. The molecule has 0 bridgehead atoms. The number of nitrogens with zero attached hydrogens (tertiary/aromatic N) is 1. The number of piperazine rings is 1. The van der Waals surface area contributed by atoms with Gasteiger partial charge in [0.05, 0.1) is 13.5 Å². The van der Waals surface area contributed by atoms with Crippen LogP contribution in [0.25, 0.3) is 0 Å². The van der Waals surface area contributed by atoms with Crippen molar-refractivity contribution >= 4 is 5.97 Å². The van der Waals surface area contributed by atoms with Gasteiger partial charge in [0.2, 0.25) is 0 Å². The molecule has 0 spiro atoms. The number of nitrogens with one attached hydrogen (secondary N) is 1. The van der Waals surface area contributed by atoms with Crippen LogP contribution in [-0.2, 0) is 9.53 Å². The summed E-state index contributed by atoms with van der Waals surface area (Å²) >= 11 is 0. The number of esters is 1. The van der Waals surface area contributed by atoms with Gasteiger partial charge in [0.1, 0.15) is 0 Å². The maximum atomic E-state index is 11.2. The first-order valence-corrected chi connectivity index (χ1v) is 5.34. The lowest BCUT2D eigenvalue weighted by molar-refractivity contribution is -0.142. The highest BCUT2D eigenvalue weighted by atomic mass is 16.5. The fourth-order valence-electron chi connectivity index (χ4n) is 2.13. The summed E-state index contributed by atoms with van der Waals surface area (Å²) < 4.78 is 4.71. The maximum Gasteiger partial charge on any atom is 0.307 e. The molecule has 1 N–H and O–H groups in total. The second kappa shape index (κ2) is 4.28. The van der Waals surface area contributed by atoms with Gasteiger partial charge in [0, 0.05) is 31.7 Å². The second-order valence-corrected chi connectivity index (χ2v) is 4.11. The number of hydrogen-bond donors (Lipinski definition) is 1. The Morgan fingerprint density at radius 1 is 1.57 bits per heavy atom. The van der Waals surface area contributed by atoms with Gasteiger partial charge in [0.25, 0.3) is 0 Å². The number of hydrogen-bond acceptors (Lipinski definition) is 4. The van der Waals surface area contributed by atoms with Crippen molar-refractivity contribution in [1.29, 1.82) is 0 Å². The number of carbonyl (C=O) groups is 1. The zero-order valence-electron chi connectivity index (χ0n) is 8.66. The molecule has 2 fully saturated rings. The van der Waals surface area contributed by atoms with Gasteiger partial charge < -0.3 is 10.1 Å². The standard InChI is InChI=1S/C10H18N2O2/c1-14-10(13)6-9-7-11-4-5-12(9)8-2-3-8/h8-9,11H,2-7H2,1H3. The van der Waals surface area contributed by atoms with Crippen molar-refractivity contribution in [3.05, 3.63) is 0 Å². The van der Waals surface area contributed by atoms with Crippen LogP contribution in [0.15, 0.2) is 0 Å². The van der Waals surface area contributed by atoms with Crippen molar-refractivity contribution < 1.29 is 9.53 Å². The predicted octanol–water partition coefficient (Wildman–Crippen LogP) is -0.0143. The first-order chi connectivity index (χ1) is 6.81. The molecule has 2 aliphatic rings. The summed E-state index contributed by atoms with van der Waals surface area (Å²) in [5.74, 6) is -0.0932. The van der Waals surface area contributed by atoms with Gasteiger partial charge in [-0.25, -0.2) is 0 Å². The van der Waals surface area contributed by atoms with Crippen LogP contribution in [0.1, 0.15) is 19.3 Å². The summed E-state index contributed by atoms with van der Waals surface area (Å²) in [4.78, 5) is 13.7. The normalized spacial score (nSPS) is 28.8. The fourth-order valence-corrected chi connectivity index (χ4v) is 2.13. The SMILES string of the molecule is COC(=O)CC1CNCCN1C1CC1. The van der Waals surface area contributed by atoms with E-state index < -0.39 is 0 Å². The Kier molecular flexibility index (Phi) is 3.03. The summed E-state index contributed by atoms with van der Waals surface area (Å²) in [5, 5.41) is 3.33. The highest BCUT2D eigenvalue weighted by Crippen LogP contribution is 2.29. The molecule has 80 valence electrons. The van der Waals surface area contributed by atoms with E-state index in [4.69, 9.17) is 4.74 Å². The molecule has 1 heterocycles. The Morgan fingerprint density at radius 2 is 2.36 bits per heavy atom. The van der Waals surface area contributed by atoms with Crippen LogP contribution in [0.4, 0.5) is 0 Å². The van der Waals surface area contributed by atoms with Gasteiger partial charge in [-0.3, -0.25) is 9.69 Å². The van der Waals surface area contributed by atoms with Crippen LogP contribution in [-0.4, -0.2) is 49.7 Å². The first kappa shape index (κ1) is 9.93. The lowest BCUT2D eigenvalue weighted by atomic mass is 10.1. The van der Waals surface area contributed by atoms with Gasteiger partial charge in [-0.1, -0.05) is 0 Å². The molecular weight excluding hydrogens is 180 g/mol. The Morgan fingerprint density at radius 3 is 3.00 bits per heavy atom. The van der Waals surface area contributed by atoms with E-state index in [0.717, 1.165) is 25.7 Å². The summed E-state index contributed by atoms with van der Waals surface area (Å²) in [6, 6.07) is 1.09. The fraction of sp³-hybridized carbons (Fsp3) is 0.900.